The van der Waals surface area contributed by atoms with Crippen LogP contribution >= 0.6 is 0 Å². The molecule has 0 saturated carbocycles. The van der Waals surface area contributed by atoms with Gasteiger partial charge >= 0.3 is 11.9 Å². The minimum absolute atomic E-state index is 0.144. The number of carbonyl (C=O) groups is 2. The first-order valence-electron chi connectivity index (χ1n) is 8.24. The van der Waals surface area contributed by atoms with Crippen LogP contribution in [0.5, 0.6) is 0 Å². The van der Waals surface area contributed by atoms with E-state index in [0.29, 0.717) is 22.3 Å². The summed E-state index contributed by atoms with van der Waals surface area (Å²) in [5.41, 5.74) is 1.72. The number of benzene rings is 1. The number of esters is 2. The number of hydrogen-bond donors (Lipinski definition) is 0. The Morgan fingerprint density at radius 1 is 1.22 bits per heavy atom. The second kappa shape index (κ2) is 7.53. The van der Waals surface area contributed by atoms with Gasteiger partial charge in [0.05, 0.1) is 28.4 Å². The van der Waals surface area contributed by atoms with Crippen molar-refractivity contribution in [2.75, 3.05) is 6.61 Å². The number of carbonyl (C=O) groups excluding carboxylic acids is 2. The molecule has 2 aromatic heterocycles. The summed E-state index contributed by atoms with van der Waals surface area (Å²) in [4.78, 5) is 28.5. The van der Waals surface area contributed by atoms with Crippen LogP contribution in [0.2, 0.25) is 0 Å². The lowest BCUT2D eigenvalue weighted by Gasteiger charge is -2.09. The number of nitrogens with zero attached hydrogens (tertiary/aromatic N) is 2. The van der Waals surface area contributed by atoms with E-state index in [1.165, 1.54) is 30.3 Å². The molecule has 3 aromatic rings. The van der Waals surface area contributed by atoms with Crippen LogP contribution in [-0.4, -0.2) is 34.8 Å². The Bertz CT molecular complexity index is 995. The Kier molecular flexibility index (Phi) is 5.16. The van der Waals surface area contributed by atoms with Crippen molar-refractivity contribution in [3.63, 3.8) is 0 Å². The van der Waals surface area contributed by atoms with E-state index in [1.54, 1.807) is 20.8 Å². The van der Waals surface area contributed by atoms with E-state index in [0.717, 1.165) is 0 Å². The zero-order valence-electron chi connectivity index (χ0n) is 15.0. The molecule has 0 aliphatic heterocycles. The molecule has 0 aliphatic carbocycles. The summed E-state index contributed by atoms with van der Waals surface area (Å²) in [6.45, 7) is 4.54. The lowest BCUT2D eigenvalue weighted by Crippen LogP contribution is -2.19. The summed E-state index contributed by atoms with van der Waals surface area (Å²) < 4.78 is 28.3. The highest BCUT2D eigenvalue weighted by atomic mass is 19.1. The molecule has 2 heterocycles. The summed E-state index contributed by atoms with van der Waals surface area (Å²) in [6.07, 6.45) is -0.311. The van der Waals surface area contributed by atoms with E-state index < -0.39 is 24.4 Å². The summed E-state index contributed by atoms with van der Waals surface area (Å²) in [7, 11) is 0. The van der Waals surface area contributed by atoms with E-state index in [4.69, 9.17) is 14.0 Å². The molecule has 1 aromatic carbocycles. The predicted molar refractivity (Wildman–Crippen MR) is 93.4 cm³/mol. The fourth-order valence-corrected chi connectivity index (χ4v) is 2.52. The van der Waals surface area contributed by atoms with Crippen LogP contribution in [0.4, 0.5) is 4.39 Å². The number of pyridine rings is 1. The fourth-order valence-electron chi connectivity index (χ4n) is 2.52. The van der Waals surface area contributed by atoms with Gasteiger partial charge in [-0.05, 0) is 51.1 Å². The first kappa shape index (κ1) is 18.5. The largest absolute Gasteiger partial charge is 0.460 e. The molecular formula is C19H17FN2O5. The SMILES string of the molecule is Cc1noc2nc(-c3ccc(F)cc3)cc(C(=O)OCC(=O)OC(C)C)c12. The number of halogens is 1. The Balaban J connectivity index is 1.95. The van der Waals surface area contributed by atoms with Gasteiger partial charge in [0.1, 0.15) is 5.82 Å². The van der Waals surface area contributed by atoms with Gasteiger partial charge in [-0.25, -0.2) is 19.0 Å². The van der Waals surface area contributed by atoms with Gasteiger partial charge in [-0.15, -0.1) is 0 Å². The fraction of sp³-hybridized carbons (Fsp3) is 0.263. The number of aromatic nitrogens is 2. The number of fused-ring (bicyclic) bond motifs is 1. The molecule has 0 bridgehead atoms. The van der Waals surface area contributed by atoms with E-state index in [1.807, 2.05) is 0 Å². The highest BCUT2D eigenvalue weighted by molar-refractivity contribution is 6.04. The average molecular weight is 372 g/mol. The maximum Gasteiger partial charge on any atom is 0.344 e. The van der Waals surface area contributed by atoms with Crippen molar-refractivity contribution in [1.29, 1.82) is 0 Å². The summed E-state index contributed by atoms with van der Waals surface area (Å²) in [5, 5.41) is 4.22. The number of ether oxygens (including phenoxy) is 2. The smallest absolute Gasteiger partial charge is 0.344 e. The number of hydrogen-bond acceptors (Lipinski definition) is 7. The molecule has 0 radical (unpaired) electrons. The molecule has 140 valence electrons. The molecule has 0 saturated heterocycles. The highest BCUT2D eigenvalue weighted by Crippen LogP contribution is 2.27. The zero-order valence-corrected chi connectivity index (χ0v) is 15.0. The van der Waals surface area contributed by atoms with Crippen LogP contribution in [0.15, 0.2) is 34.9 Å². The van der Waals surface area contributed by atoms with E-state index in [2.05, 4.69) is 10.1 Å². The van der Waals surface area contributed by atoms with E-state index in [-0.39, 0.29) is 17.4 Å². The zero-order chi connectivity index (χ0) is 19.6. The first-order valence-corrected chi connectivity index (χ1v) is 8.24. The van der Waals surface area contributed by atoms with Crippen LogP contribution in [0, 0.1) is 12.7 Å². The minimum atomic E-state index is -0.738. The topological polar surface area (TPSA) is 91.5 Å². The van der Waals surface area contributed by atoms with E-state index >= 15 is 0 Å². The normalized spacial score (nSPS) is 11.0. The van der Waals surface area contributed by atoms with Gasteiger partial charge < -0.3 is 14.0 Å². The Hall–Kier alpha value is -3.29. The molecule has 0 atom stereocenters. The second-order valence-corrected chi connectivity index (χ2v) is 6.12. The maximum atomic E-state index is 13.2. The number of aryl methyl sites for hydroxylation is 1. The van der Waals surface area contributed by atoms with Crippen LogP contribution in [0.25, 0.3) is 22.4 Å². The van der Waals surface area contributed by atoms with Crippen molar-refractivity contribution in [3.05, 3.63) is 47.4 Å². The van der Waals surface area contributed by atoms with Gasteiger partial charge in [0.25, 0.3) is 5.71 Å². The first-order chi connectivity index (χ1) is 12.8. The molecule has 0 spiro atoms. The van der Waals surface area contributed by atoms with Crippen molar-refractivity contribution >= 4 is 23.0 Å². The molecule has 0 aliphatic rings. The van der Waals surface area contributed by atoms with Crippen LogP contribution in [0.3, 0.4) is 0 Å². The molecule has 8 heteroatoms. The lowest BCUT2D eigenvalue weighted by atomic mass is 10.1. The lowest BCUT2D eigenvalue weighted by molar-refractivity contribution is -0.150. The molecule has 3 rings (SSSR count). The van der Waals surface area contributed by atoms with Crippen LogP contribution in [0.1, 0.15) is 29.9 Å². The quantitative estimate of drug-likeness (QED) is 0.634. The minimum Gasteiger partial charge on any atom is -0.460 e. The van der Waals surface area contributed by atoms with Crippen molar-refractivity contribution in [2.45, 2.75) is 26.9 Å². The summed E-state index contributed by atoms with van der Waals surface area (Å²) >= 11 is 0. The van der Waals surface area contributed by atoms with Gasteiger partial charge in [0, 0.05) is 5.56 Å². The van der Waals surface area contributed by atoms with Gasteiger partial charge in [-0.1, -0.05) is 5.16 Å². The average Bonchev–Trinajstić information content (AvgIpc) is 3.00. The molecular weight excluding hydrogens is 355 g/mol. The Morgan fingerprint density at radius 3 is 2.59 bits per heavy atom. The van der Waals surface area contributed by atoms with Crippen LogP contribution < -0.4 is 0 Å². The standard InChI is InChI=1S/C19H17FN2O5/c1-10(2)26-16(23)9-25-19(24)14-8-15(12-4-6-13(20)7-5-12)21-18-17(14)11(3)22-27-18/h4-8,10H,9H2,1-3H3. The maximum absolute atomic E-state index is 13.2. The third-order valence-electron chi connectivity index (χ3n) is 3.67. The van der Waals surface area contributed by atoms with Gasteiger partial charge in [-0.2, -0.15) is 0 Å². The van der Waals surface area contributed by atoms with Crippen LogP contribution in [-0.2, 0) is 14.3 Å². The predicted octanol–water partition coefficient (Wildman–Crippen LogP) is 3.45. The third kappa shape index (κ3) is 4.11. The molecule has 27 heavy (non-hydrogen) atoms. The molecule has 0 fully saturated rings. The Morgan fingerprint density at radius 2 is 1.93 bits per heavy atom. The van der Waals surface area contributed by atoms with Crippen molar-refractivity contribution in [3.8, 4) is 11.3 Å². The summed E-state index contributed by atoms with van der Waals surface area (Å²) in [6, 6.07) is 7.12. The van der Waals surface area contributed by atoms with E-state index in [9.17, 15) is 14.0 Å². The van der Waals surface area contributed by atoms with Crippen molar-refractivity contribution < 1.29 is 28.0 Å². The van der Waals surface area contributed by atoms with Crippen molar-refractivity contribution in [1.82, 2.24) is 10.1 Å². The second-order valence-electron chi connectivity index (χ2n) is 6.12. The monoisotopic (exact) mass is 372 g/mol. The van der Waals surface area contributed by atoms with Gasteiger partial charge in [-0.3, -0.25) is 0 Å². The molecule has 0 unspecified atom stereocenters. The van der Waals surface area contributed by atoms with Gasteiger partial charge in [0.15, 0.2) is 6.61 Å². The number of rotatable bonds is 5. The third-order valence-corrected chi connectivity index (χ3v) is 3.67. The highest BCUT2D eigenvalue weighted by Gasteiger charge is 2.21. The summed E-state index contributed by atoms with van der Waals surface area (Å²) in [5.74, 6) is -1.78. The van der Waals surface area contributed by atoms with Crippen molar-refractivity contribution in [2.24, 2.45) is 0 Å². The molecule has 0 amide bonds. The van der Waals surface area contributed by atoms with Gasteiger partial charge in [0.2, 0.25) is 0 Å². The molecule has 7 nitrogen and oxygen atoms in total. The Labute approximate surface area is 154 Å². The molecule has 0 N–H and O–H groups in total.